The van der Waals surface area contributed by atoms with Crippen LogP contribution in [0.4, 0.5) is 5.69 Å². The van der Waals surface area contributed by atoms with Crippen LogP contribution >= 0.6 is 0 Å². The van der Waals surface area contributed by atoms with Gasteiger partial charge in [-0.05, 0) is 80.7 Å². The minimum atomic E-state index is -3.54. The van der Waals surface area contributed by atoms with E-state index in [-0.39, 0.29) is 6.04 Å². The molecule has 1 N–H and O–H groups in total. The number of nitrogens with one attached hydrogen (secondary N) is 1. The van der Waals surface area contributed by atoms with E-state index in [2.05, 4.69) is 38.8 Å². The quantitative estimate of drug-likeness (QED) is 0.772. The Labute approximate surface area is 169 Å². The van der Waals surface area contributed by atoms with Crippen LogP contribution in [-0.4, -0.2) is 47.0 Å². The Morgan fingerprint density at radius 2 is 1.64 bits per heavy atom. The van der Waals surface area contributed by atoms with Crippen molar-refractivity contribution in [3.63, 3.8) is 0 Å². The highest BCUT2D eigenvalue weighted by Gasteiger charge is 2.26. The van der Waals surface area contributed by atoms with Gasteiger partial charge in [-0.1, -0.05) is 18.2 Å². The second-order valence-corrected chi connectivity index (χ2v) is 9.61. The van der Waals surface area contributed by atoms with Gasteiger partial charge in [-0.25, -0.2) is 13.1 Å². The molecule has 2 aromatic rings. The monoisotopic (exact) mass is 401 g/mol. The van der Waals surface area contributed by atoms with Crippen LogP contribution in [0, 0.1) is 13.8 Å². The first-order chi connectivity index (χ1) is 13.3. The van der Waals surface area contributed by atoms with Crippen LogP contribution in [0.5, 0.6) is 0 Å². The zero-order chi connectivity index (χ0) is 20.3. The fourth-order valence-corrected chi connectivity index (χ4v) is 4.78. The highest BCUT2D eigenvalue weighted by atomic mass is 32.2. The van der Waals surface area contributed by atoms with Crippen LogP contribution in [0.1, 0.15) is 35.6 Å². The van der Waals surface area contributed by atoms with Gasteiger partial charge in [-0.2, -0.15) is 0 Å². The standard InChI is InChI=1S/C22H31N3O2S/c1-17-7-12-21(15-18(17)2)28(26,27)23-16-22(25-13-5-6-14-25)19-8-10-20(11-9-19)24(3)4/h7-12,15,22-23H,5-6,13-14,16H2,1-4H3. The molecule has 0 radical (unpaired) electrons. The minimum absolute atomic E-state index is 0.0417. The Bertz CT molecular complexity index is 902. The summed E-state index contributed by atoms with van der Waals surface area (Å²) >= 11 is 0. The highest BCUT2D eigenvalue weighted by molar-refractivity contribution is 7.89. The molecule has 1 heterocycles. The van der Waals surface area contributed by atoms with Crippen molar-refractivity contribution in [1.82, 2.24) is 9.62 Å². The van der Waals surface area contributed by atoms with Crippen LogP contribution in [0.3, 0.4) is 0 Å². The van der Waals surface area contributed by atoms with Gasteiger partial charge in [0.25, 0.3) is 0 Å². The van der Waals surface area contributed by atoms with Crippen LogP contribution in [0.15, 0.2) is 47.4 Å². The summed E-state index contributed by atoms with van der Waals surface area (Å²) in [6.45, 7) is 6.31. The van der Waals surface area contributed by atoms with Crippen LogP contribution in [0.2, 0.25) is 0 Å². The summed E-state index contributed by atoms with van der Waals surface area (Å²) in [6, 6.07) is 13.7. The average molecular weight is 402 g/mol. The van der Waals surface area contributed by atoms with E-state index in [0.29, 0.717) is 11.4 Å². The molecule has 0 bridgehead atoms. The van der Waals surface area contributed by atoms with Crippen molar-refractivity contribution >= 4 is 15.7 Å². The largest absolute Gasteiger partial charge is 0.378 e. The fraction of sp³-hybridized carbons (Fsp3) is 0.455. The number of hydrogen-bond acceptors (Lipinski definition) is 4. The molecular formula is C22H31N3O2S. The van der Waals surface area contributed by atoms with Crippen LogP contribution in [0.25, 0.3) is 0 Å². The zero-order valence-electron chi connectivity index (χ0n) is 17.3. The summed E-state index contributed by atoms with van der Waals surface area (Å²) in [5.41, 5.74) is 4.36. The van der Waals surface area contributed by atoms with Crippen LogP contribution < -0.4 is 9.62 Å². The van der Waals surface area contributed by atoms with Crippen molar-refractivity contribution in [2.45, 2.75) is 37.6 Å². The highest BCUT2D eigenvalue weighted by Crippen LogP contribution is 2.27. The van der Waals surface area contributed by atoms with Gasteiger partial charge in [0.05, 0.1) is 4.90 Å². The molecule has 5 nitrogen and oxygen atoms in total. The molecule has 1 saturated heterocycles. The number of aryl methyl sites for hydroxylation is 2. The lowest BCUT2D eigenvalue weighted by Crippen LogP contribution is -2.36. The maximum absolute atomic E-state index is 12.9. The summed E-state index contributed by atoms with van der Waals surface area (Å²) in [5.74, 6) is 0. The van der Waals surface area contributed by atoms with Gasteiger partial charge in [0.15, 0.2) is 0 Å². The molecule has 0 saturated carbocycles. The number of nitrogens with zero attached hydrogens (tertiary/aromatic N) is 2. The van der Waals surface area contributed by atoms with Crippen molar-refractivity contribution in [1.29, 1.82) is 0 Å². The molecule has 0 amide bonds. The van der Waals surface area contributed by atoms with Crippen molar-refractivity contribution in [3.05, 3.63) is 59.2 Å². The first-order valence-electron chi connectivity index (χ1n) is 9.86. The number of benzene rings is 2. The van der Waals surface area contributed by atoms with Crippen molar-refractivity contribution in [2.75, 3.05) is 38.6 Å². The number of rotatable bonds is 7. The van der Waals surface area contributed by atoms with Gasteiger partial charge in [-0.3, -0.25) is 4.90 Å². The number of sulfonamides is 1. The molecule has 2 aromatic carbocycles. The summed E-state index contributed by atoms with van der Waals surface area (Å²) in [4.78, 5) is 4.78. The van der Waals surface area contributed by atoms with Gasteiger partial charge < -0.3 is 4.90 Å². The van der Waals surface area contributed by atoms with Crippen molar-refractivity contribution in [2.24, 2.45) is 0 Å². The van der Waals surface area contributed by atoms with Gasteiger partial charge in [0.1, 0.15) is 0 Å². The maximum Gasteiger partial charge on any atom is 0.240 e. The average Bonchev–Trinajstić information content (AvgIpc) is 3.19. The van der Waals surface area contributed by atoms with Crippen LogP contribution in [-0.2, 0) is 10.0 Å². The van der Waals surface area contributed by atoms with Gasteiger partial charge >= 0.3 is 0 Å². The molecule has 1 fully saturated rings. The lowest BCUT2D eigenvalue weighted by molar-refractivity contribution is 0.246. The van der Waals surface area contributed by atoms with E-state index in [0.717, 1.165) is 48.3 Å². The van der Waals surface area contributed by atoms with E-state index in [1.165, 1.54) is 0 Å². The molecule has 1 aliphatic rings. The Balaban J connectivity index is 1.80. The van der Waals surface area contributed by atoms with E-state index in [1.807, 2.05) is 34.0 Å². The molecule has 1 unspecified atom stereocenters. The van der Waals surface area contributed by atoms with E-state index < -0.39 is 10.0 Å². The van der Waals surface area contributed by atoms with E-state index >= 15 is 0 Å². The molecule has 6 heteroatoms. The first kappa shape index (κ1) is 20.8. The number of hydrogen-bond donors (Lipinski definition) is 1. The summed E-state index contributed by atoms with van der Waals surface area (Å²) in [6.07, 6.45) is 2.33. The first-order valence-corrected chi connectivity index (χ1v) is 11.3. The Morgan fingerprint density at radius 3 is 2.21 bits per heavy atom. The third kappa shape index (κ3) is 4.74. The van der Waals surface area contributed by atoms with E-state index in [9.17, 15) is 8.42 Å². The SMILES string of the molecule is Cc1ccc(S(=O)(=O)NCC(c2ccc(N(C)C)cc2)N2CCCC2)cc1C. The lowest BCUT2D eigenvalue weighted by atomic mass is 10.1. The summed E-state index contributed by atoms with van der Waals surface area (Å²) < 4.78 is 28.6. The Hall–Kier alpha value is -1.89. The predicted molar refractivity (Wildman–Crippen MR) is 115 cm³/mol. The number of anilines is 1. The molecule has 152 valence electrons. The molecule has 28 heavy (non-hydrogen) atoms. The third-order valence-electron chi connectivity index (χ3n) is 5.63. The second-order valence-electron chi connectivity index (χ2n) is 7.84. The normalized spacial score (nSPS) is 16.3. The van der Waals surface area contributed by atoms with Crippen molar-refractivity contribution < 1.29 is 8.42 Å². The molecule has 1 atom stereocenters. The Morgan fingerprint density at radius 1 is 1.00 bits per heavy atom. The zero-order valence-corrected chi connectivity index (χ0v) is 18.1. The molecule has 0 aromatic heterocycles. The van der Waals surface area contributed by atoms with Gasteiger partial charge in [0, 0.05) is 32.4 Å². The smallest absolute Gasteiger partial charge is 0.240 e. The third-order valence-corrected chi connectivity index (χ3v) is 7.05. The minimum Gasteiger partial charge on any atom is -0.378 e. The Kier molecular flexibility index (Phi) is 6.43. The van der Waals surface area contributed by atoms with E-state index in [1.54, 1.807) is 12.1 Å². The van der Waals surface area contributed by atoms with Crippen molar-refractivity contribution in [3.8, 4) is 0 Å². The topological polar surface area (TPSA) is 52.7 Å². The predicted octanol–water partition coefficient (Wildman–Crippen LogP) is 3.48. The molecule has 0 aliphatic carbocycles. The molecular weight excluding hydrogens is 370 g/mol. The summed E-state index contributed by atoms with van der Waals surface area (Å²) in [7, 11) is 0.498. The second kappa shape index (κ2) is 8.64. The molecule has 0 spiro atoms. The van der Waals surface area contributed by atoms with Gasteiger partial charge in [0.2, 0.25) is 10.0 Å². The maximum atomic E-state index is 12.9. The van der Waals surface area contributed by atoms with Gasteiger partial charge in [-0.15, -0.1) is 0 Å². The summed E-state index contributed by atoms with van der Waals surface area (Å²) in [5, 5.41) is 0. The lowest BCUT2D eigenvalue weighted by Gasteiger charge is -2.28. The number of likely N-dealkylation sites (tertiary alicyclic amines) is 1. The molecule has 3 rings (SSSR count). The molecule has 1 aliphatic heterocycles. The fourth-order valence-electron chi connectivity index (χ4n) is 3.66. The van der Waals surface area contributed by atoms with E-state index in [4.69, 9.17) is 0 Å².